The Labute approximate surface area is 83.3 Å². The van der Waals surface area contributed by atoms with E-state index in [-0.39, 0.29) is 11.8 Å². The molecular formula is C11H14N2O. The summed E-state index contributed by atoms with van der Waals surface area (Å²) < 4.78 is 0. The second-order valence-electron chi connectivity index (χ2n) is 3.61. The van der Waals surface area contributed by atoms with Gasteiger partial charge >= 0.3 is 0 Å². The molecule has 1 heterocycles. The smallest absolute Gasteiger partial charge is 0.225 e. The molecule has 1 aromatic rings. The fourth-order valence-electron chi connectivity index (χ4n) is 1.94. The highest BCUT2D eigenvalue weighted by Crippen LogP contribution is 2.30. The van der Waals surface area contributed by atoms with Crippen LogP contribution in [0.3, 0.4) is 0 Å². The molecule has 1 amide bonds. The average molecular weight is 190 g/mol. The number of nitrogens with two attached hydrogens (primary N) is 1. The molecule has 1 unspecified atom stereocenters. The number of primary amides is 1. The number of amides is 1. The van der Waals surface area contributed by atoms with Gasteiger partial charge in [0.2, 0.25) is 5.91 Å². The molecule has 0 saturated heterocycles. The molecule has 0 saturated carbocycles. The van der Waals surface area contributed by atoms with Crippen molar-refractivity contribution < 1.29 is 4.79 Å². The Morgan fingerprint density at radius 1 is 1.43 bits per heavy atom. The van der Waals surface area contributed by atoms with Gasteiger partial charge in [0.1, 0.15) is 0 Å². The molecule has 3 heteroatoms. The molecule has 3 nitrogen and oxygen atoms in total. The van der Waals surface area contributed by atoms with E-state index >= 15 is 0 Å². The first-order chi connectivity index (χ1) is 6.79. The van der Waals surface area contributed by atoms with Gasteiger partial charge in [0.05, 0.1) is 5.92 Å². The van der Waals surface area contributed by atoms with Crippen LogP contribution in [-0.2, 0) is 4.79 Å². The van der Waals surface area contributed by atoms with Crippen LogP contribution in [0.1, 0.15) is 24.3 Å². The summed E-state index contributed by atoms with van der Waals surface area (Å²) in [7, 11) is 0. The largest absolute Gasteiger partial charge is 0.385 e. The molecule has 2 rings (SSSR count). The maximum Gasteiger partial charge on any atom is 0.225 e. The molecule has 1 aliphatic rings. The maximum absolute atomic E-state index is 11.3. The number of benzene rings is 1. The third-order valence-corrected chi connectivity index (χ3v) is 2.66. The summed E-state index contributed by atoms with van der Waals surface area (Å²) in [6, 6.07) is 7.89. The lowest BCUT2D eigenvalue weighted by Crippen LogP contribution is -2.21. The topological polar surface area (TPSA) is 55.1 Å². The minimum atomic E-state index is -0.221. The first kappa shape index (κ1) is 9.06. The number of fused-ring (bicyclic) bond motifs is 1. The number of rotatable bonds is 1. The average Bonchev–Trinajstić information content (AvgIpc) is 2.39. The normalized spacial score (nSPS) is 20.4. The molecule has 3 N–H and O–H groups in total. The van der Waals surface area contributed by atoms with E-state index in [1.807, 2.05) is 24.3 Å². The van der Waals surface area contributed by atoms with E-state index < -0.39 is 0 Å². The van der Waals surface area contributed by atoms with Gasteiger partial charge in [-0.25, -0.2) is 0 Å². The predicted octanol–water partition coefficient (Wildman–Crippen LogP) is 1.46. The van der Waals surface area contributed by atoms with Crippen LogP contribution >= 0.6 is 0 Å². The summed E-state index contributed by atoms with van der Waals surface area (Å²) in [5.41, 5.74) is 7.47. The summed E-state index contributed by atoms with van der Waals surface area (Å²) in [6.07, 6.45) is 1.83. The third-order valence-electron chi connectivity index (χ3n) is 2.66. The monoisotopic (exact) mass is 190 g/mol. The van der Waals surface area contributed by atoms with Crippen LogP contribution in [0, 0.1) is 0 Å². The summed E-state index contributed by atoms with van der Waals surface area (Å²) in [5.74, 6) is -0.345. The molecule has 1 atom stereocenters. The van der Waals surface area contributed by atoms with Crippen LogP contribution in [0.15, 0.2) is 24.3 Å². The van der Waals surface area contributed by atoms with Crippen LogP contribution in [-0.4, -0.2) is 12.5 Å². The molecule has 0 radical (unpaired) electrons. The number of anilines is 1. The second kappa shape index (κ2) is 3.70. The number of para-hydroxylation sites is 1. The number of hydrogen-bond acceptors (Lipinski definition) is 2. The molecule has 0 aliphatic carbocycles. The highest BCUT2D eigenvalue weighted by Gasteiger charge is 2.22. The van der Waals surface area contributed by atoms with Crippen molar-refractivity contribution >= 4 is 11.6 Å². The Kier molecular flexibility index (Phi) is 2.39. The van der Waals surface area contributed by atoms with Crippen molar-refractivity contribution in [3.63, 3.8) is 0 Å². The number of carbonyl (C=O) groups is 1. The van der Waals surface area contributed by atoms with Gasteiger partial charge in [-0.05, 0) is 24.5 Å². The Balaban J connectivity index is 2.42. The number of hydrogen-bond donors (Lipinski definition) is 2. The van der Waals surface area contributed by atoms with Crippen molar-refractivity contribution in [2.24, 2.45) is 5.73 Å². The van der Waals surface area contributed by atoms with Crippen LogP contribution < -0.4 is 11.1 Å². The fraction of sp³-hybridized carbons (Fsp3) is 0.364. The number of carbonyl (C=O) groups excluding carboxylic acids is 1. The van der Waals surface area contributed by atoms with E-state index in [1.165, 1.54) is 0 Å². The third kappa shape index (κ3) is 1.58. The molecule has 0 bridgehead atoms. The lowest BCUT2D eigenvalue weighted by Gasteiger charge is -2.13. The molecular weight excluding hydrogens is 176 g/mol. The standard InChI is InChI=1S/C11H14N2O/c12-11(14)9-5-3-7-13-10-6-2-1-4-8(9)10/h1-2,4,6,9,13H,3,5,7H2,(H2,12,14). The lowest BCUT2D eigenvalue weighted by molar-refractivity contribution is -0.119. The van der Waals surface area contributed by atoms with E-state index in [0.29, 0.717) is 0 Å². The first-order valence-corrected chi connectivity index (χ1v) is 4.91. The molecule has 0 aromatic heterocycles. The SMILES string of the molecule is NC(=O)C1CCCNc2ccccc21. The van der Waals surface area contributed by atoms with E-state index in [0.717, 1.165) is 30.6 Å². The van der Waals surface area contributed by atoms with Crippen molar-refractivity contribution in [3.8, 4) is 0 Å². The first-order valence-electron chi connectivity index (χ1n) is 4.91. The highest BCUT2D eigenvalue weighted by molar-refractivity contribution is 5.84. The Hall–Kier alpha value is -1.51. The van der Waals surface area contributed by atoms with Crippen molar-refractivity contribution in [2.75, 3.05) is 11.9 Å². The zero-order valence-corrected chi connectivity index (χ0v) is 7.99. The summed E-state index contributed by atoms with van der Waals surface area (Å²) in [5, 5.41) is 3.30. The zero-order chi connectivity index (χ0) is 9.97. The Morgan fingerprint density at radius 3 is 3.00 bits per heavy atom. The molecule has 74 valence electrons. The van der Waals surface area contributed by atoms with Crippen LogP contribution in [0.4, 0.5) is 5.69 Å². The predicted molar refractivity (Wildman–Crippen MR) is 56.1 cm³/mol. The minimum absolute atomic E-state index is 0.124. The quantitative estimate of drug-likeness (QED) is 0.704. The van der Waals surface area contributed by atoms with Gasteiger partial charge < -0.3 is 11.1 Å². The second-order valence-corrected chi connectivity index (χ2v) is 3.61. The van der Waals surface area contributed by atoms with Crippen LogP contribution in [0.5, 0.6) is 0 Å². The van der Waals surface area contributed by atoms with E-state index in [2.05, 4.69) is 5.32 Å². The molecule has 0 spiro atoms. The minimum Gasteiger partial charge on any atom is -0.385 e. The van der Waals surface area contributed by atoms with Crippen molar-refractivity contribution in [1.29, 1.82) is 0 Å². The molecule has 1 aromatic carbocycles. The van der Waals surface area contributed by atoms with Gasteiger partial charge in [-0.2, -0.15) is 0 Å². The van der Waals surface area contributed by atoms with Gasteiger partial charge in [0, 0.05) is 12.2 Å². The maximum atomic E-state index is 11.3. The van der Waals surface area contributed by atoms with Crippen LogP contribution in [0.25, 0.3) is 0 Å². The highest BCUT2D eigenvalue weighted by atomic mass is 16.1. The van der Waals surface area contributed by atoms with E-state index in [1.54, 1.807) is 0 Å². The Morgan fingerprint density at radius 2 is 2.21 bits per heavy atom. The summed E-state index contributed by atoms with van der Waals surface area (Å²) >= 11 is 0. The molecule has 14 heavy (non-hydrogen) atoms. The lowest BCUT2D eigenvalue weighted by atomic mass is 9.94. The van der Waals surface area contributed by atoms with Crippen molar-refractivity contribution in [1.82, 2.24) is 0 Å². The Bertz CT molecular complexity index is 349. The van der Waals surface area contributed by atoms with Gasteiger partial charge in [-0.15, -0.1) is 0 Å². The van der Waals surface area contributed by atoms with E-state index in [4.69, 9.17) is 5.73 Å². The van der Waals surface area contributed by atoms with Crippen LogP contribution in [0.2, 0.25) is 0 Å². The van der Waals surface area contributed by atoms with Crippen molar-refractivity contribution in [2.45, 2.75) is 18.8 Å². The summed E-state index contributed by atoms with van der Waals surface area (Å²) in [4.78, 5) is 11.3. The van der Waals surface area contributed by atoms with Crippen molar-refractivity contribution in [3.05, 3.63) is 29.8 Å². The molecule has 0 fully saturated rings. The van der Waals surface area contributed by atoms with Gasteiger partial charge in [-0.3, -0.25) is 4.79 Å². The van der Waals surface area contributed by atoms with E-state index in [9.17, 15) is 4.79 Å². The van der Waals surface area contributed by atoms with Gasteiger partial charge in [0.15, 0.2) is 0 Å². The zero-order valence-electron chi connectivity index (χ0n) is 7.99. The fourth-order valence-corrected chi connectivity index (χ4v) is 1.94. The number of nitrogens with one attached hydrogen (secondary N) is 1. The van der Waals surface area contributed by atoms with Gasteiger partial charge in [-0.1, -0.05) is 18.2 Å². The summed E-state index contributed by atoms with van der Waals surface area (Å²) in [6.45, 7) is 0.917. The molecule has 1 aliphatic heterocycles. The van der Waals surface area contributed by atoms with Gasteiger partial charge in [0.25, 0.3) is 0 Å².